The van der Waals surface area contributed by atoms with Gasteiger partial charge in [-0.1, -0.05) is 67.0 Å². The number of anilines is 1. The number of nitrogens with one attached hydrogen (secondary N) is 1. The van der Waals surface area contributed by atoms with E-state index in [2.05, 4.69) is 21.2 Å². The molecule has 0 aliphatic rings. The molecule has 1 atom stereocenters. The summed E-state index contributed by atoms with van der Waals surface area (Å²) < 4.78 is 42.9. The molecule has 0 aromatic heterocycles. The Morgan fingerprint density at radius 2 is 1.56 bits per heavy atom. The van der Waals surface area contributed by atoms with Crippen LogP contribution in [0.15, 0.2) is 88.2 Å². The highest BCUT2D eigenvalue weighted by atomic mass is 79.9. The number of carbonyl (C=O) groups excluding carboxylic acids is 2. The average Bonchev–Trinajstić information content (AvgIpc) is 2.92. The Bertz CT molecular complexity index is 1350. The Kier molecular flexibility index (Phi) is 10.7. The smallest absolute Gasteiger partial charge is 0.264 e. The van der Waals surface area contributed by atoms with Crippen molar-refractivity contribution in [1.82, 2.24) is 10.2 Å². The van der Waals surface area contributed by atoms with Crippen LogP contribution in [0, 0.1) is 11.7 Å². The van der Waals surface area contributed by atoms with Crippen LogP contribution < -0.4 is 9.62 Å². The van der Waals surface area contributed by atoms with Crippen LogP contribution >= 0.6 is 15.9 Å². The van der Waals surface area contributed by atoms with Crippen molar-refractivity contribution in [1.29, 1.82) is 0 Å². The normalized spacial score (nSPS) is 12.2. The molecule has 0 radical (unpaired) electrons. The maximum atomic E-state index is 13.9. The Labute approximate surface area is 238 Å². The van der Waals surface area contributed by atoms with Crippen molar-refractivity contribution in [2.24, 2.45) is 5.92 Å². The summed E-state index contributed by atoms with van der Waals surface area (Å²) in [5.74, 6) is -1.11. The first-order valence-corrected chi connectivity index (χ1v) is 14.9. The van der Waals surface area contributed by atoms with Crippen LogP contribution in [0.1, 0.15) is 32.8 Å². The molecule has 0 aliphatic heterocycles. The van der Waals surface area contributed by atoms with Gasteiger partial charge >= 0.3 is 0 Å². The zero-order valence-electron chi connectivity index (χ0n) is 22.2. The van der Waals surface area contributed by atoms with Gasteiger partial charge in [0.15, 0.2) is 0 Å². The molecule has 3 aromatic rings. The second kappa shape index (κ2) is 13.7. The van der Waals surface area contributed by atoms with E-state index < -0.39 is 34.3 Å². The molecular formula is C29H33BrFN3O4S. The Morgan fingerprint density at radius 3 is 2.13 bits per heavy atom. The van der Waals surface area contributed by atoms with Crippen molar-refractivity contribution in [2.75, 3.05) is 17.4 Å². The molecule has 3 aromatic carbocycles. The molecule has 7 nitrogen and oxygen atoms in total. The maximum absolute atomic E-state index is 13.9. The highest BCUT2D eigenvalue weighted by molar-refractivity contribution is 9.10. The van der Waals surface area contributed by atoms with Gasteiger partial charge in [-0.15, -0.1) is 0 Å². The van der Waals surface area contributed by atoms with Gasteiger partial charge < -0.3 is 10.2 Å². The van der Waals surface area contributed by atoms with Crippen molar-refractivity contribution in [3.8, 4) is 0 Å². The fraction of sp³-hybridized carbons (Fsp3) is 0.310. The van der Waals surface area contributed by atoms with Crippen molar-refractivity contribution in [2.45, 2.75) is 44.7 Å². The number of amides is 2. The van der Waals surface area contributed by atoms with E-state index in [1.165, 1.54) is 29.2 Å². The summed E-state index contributed by atoms with van der Waals surface area (Å²) in [7, 11) is -4.13. The quantitative estimate of drug-likeness (QED) is 0.296. The number of carbonyl (C=O) groups is 2. The first-order valence-electron chi connectivity index (χ1n) is 12.7. The van der Waals surface area contributed by atoms with Gasteiger partial charge in [0.2, 0.25) is 11.8 Å². The summed E-state index contributed by atoms with van der Waals surface area (Å²) >= 11 is 3.36. The molecule has 39 heavy (non-hydrogen) atoms. The van der Waals surface area contributed by atoms with E-state index in [1.54, 1.807) is 61.5 Å². The number of nitrogens with zero attached hydrogens (tertiary/aromatic N) is 2. The minimum atomic E-state index is -4.13. The van der Waals surface area contributed by atoms with E-state index in [0.717, 1.165) is 8.78 Å². The standard InChI is InChI=1S/C29H33BrFN3O4S/c1-4-27(29(36)32-18-21(2)3)33(19-22-10-14-24(31)15-11-22)28(35)20-34(25-16-12-23(30)13-17-25)39(37,38)26-8-6-5-7-9-26/h5-17,21,27H,4,18-20H2,1-3H3,(H,32,36)/t27-/m0/s1. The summed E-state index contributed by atoms with van der Waals surface area (Å²) in [6.07, 6.45) is 0.306. The molecule has 0 heterocycles. The number of sulfonamides is 1. The number of hydrogen-bond acceptors (Lipinski definition) is 4. The molecule has 2 amide bonds. The monoisotopic (exact) mass is 617 g/mol. The van der Waals surface area contributed by atoms with Gasteiger partial charge in [-0.2, -0.15) is 0 Å². The zero-order chi connectivity index (χ0) is 28.6. The summed E-state index contributed by atoms with van der Waals surface area (Å²) in [5, 5.41) is 2.88. The van der Waals surface area contributed by atoms with Crippen LogP contribution in [0.2, 0.25) is 0 Å². The zero-order valence-corrected chi connectivity index (χ0v) is 24.6. The van der Waals surface area contributed by atoms with Gasteiger partial charge in [0.1, 0.15) is 18.4 Å². The fourth-order valence-corrected chi connectivity index (χ4v) is 5.68. The SMILES string of the molecule is CC[C@@H](C(=O)NCC(C)C)N(Cc1ccc(F)cc1)C(=O)CN(c1ccc(Br)cc1)S(=O)(=O)c1ccccc1. The van der Waals surface area contributed by atoms with Crippen molar-refractivity contribution >= 4 is 43.5 Å². The van der Waals surface area contributed by atoms with E-state index in [4.69, 9.17) is 0 Å². The van der Waals surface area contributed by atoms with E-state index in [-0.39, 0.29) is 23.3 Å². The molecular weight excluding hydrogens is 585 g/mol. The van der Waals surface area contributed by atoms with Crippen LogP contribution in [-0.4, -0.2) is 44.3 Å². The van der Waals surface area contributed by atoms with Crippen molar-refractivity contribution in [3.05, 3.63) is 94.7 Å². The van der Waals surface area contributed by atoms with Crippen LogP contribution in [0.5, 0.6) is 0 Å². The molecule has 0 spiro atoms. The highest BCUT2D eigenvalue weighted by Crippen LogP contribution is 2.26. The summed E-state index contributed by atoms with van der Waals surface area (Å²) in [6.45, 7) is 5.62. The minimum absolute atomic E-state index is 0.00623. The Morgan fingerprint density at radius 1 is 0.949 bits per heavy atom. The predicted molar refractivity (Wildman–Crippen MR) is 154 cm³/mol. The van der Waals surface area contributed by atoms with Gasteiger partial charge in [0.05, 0.1) is 10.6 Å². The topological polar surface area (TPSA) is 86.8 Å². The second-order valence-electron chi connectivity index (χ2n) is 9.51. The average molecular weight is 619 g/mol. The molecule has 10 heteroatoms. The van der Waals surface area contributed by atoms with Crippen molar-refractivity contribution in [3.63, 3.8) is 0 Å². The Balaban J connectivity index is 2.02. The van der Waals surface area contributed by atoms with Gasteiger partial charge in [-0.3, -0.25) is 13.9 Å². The number of hydrogen-bond donors (Lipinski definition) is 1. The number of rotatable bonds is 12. The summed E-state index contributed by atoms with van der Waals surface area (Å²) in [4.78, 5) is 28.5. The van der Waals surface area contributed by atoms with Gasteiger partial charge in [-0.05, 0) is 66.4 Å². The van der Waals surface area contributed by atoms with E-state index in [0.29, 0.717) is 24.2 Å². The first kappa shape index (κ1) is 30.3. The third-order valence-electron chi connectivity index (χ3n) is 6.06. The van der Waals surface area contributed by atoms with E-state index in [1.807, 2.05) is 13.8 Å². The lowest BCUT2D eigenvalue weighted by Crippen LogP contribution is -2.52. The molecule has 0 bridgehead atoms. The highest BCUT2D eigenvalue weighted by Gasteiger charge is 2.33. The molecule has 0 fully saturated rings. The molecule has 0 unspecified atom stereocenters. The van der Waals surface area contributed by atoms with E-state index in [9.17, 15) is 22.4 Å². The molecule has 0 aliphatic carbocycles. The van der Waals surface area contributed by atoms with Crippen molar-refractivity contribution < 1.29 is 22.4 Å². The second-order valence-corrected chi connectivity index (χ2v) is 12.3. The third-order valence-corrected chi connectivity index (χ3v) is 8.38. The molecule has 1 N–H and O–H groups in total. The maximum Gasteiger partial charge on any atom is 0.264 e. The minimum Gasteiger partial charge on any atom is -0.354 e. The Hall–Kier alpha value is -3.24. The largest absolute Gasteiger partial charge is 0.354 e. The van der Waals surface area contributed by atoms with Crippen LogP contribution in [0.3, 0.4) is 0 Å². The summed E-state index contributed by atoms with van der Waals surface area (Å²) in [6, 6.07) is 19.3. The predicted octanol–water partition coefficient (Wildman–Crippen LogP) is 5.36. The fourth-order valence-electron chi connectivity index (χ4n) is 3.98. The van der Waals surface area contributed by atoms with Gasteiger partial charge in [0, 0.05) is 17.6 Å². The molecule has 0 saturated carbocycles. The molecule has 0 saturated heterocycles. The van der Waals surface area contributed by atoms with Crippen LogP contribution in [0.25, 0.3) is 0 Å². The lowest BCUT2D eigenvalue weighted by atomic mass is 10.1. The lowest BCUT2D eigenvalue weighted by Gasteiger charge is -2.33. The van der Waals surface area contributed by atoms with Crippen LogP contribution in [-0.2, 0) is 26.2 Å². The van der Waals surface area contributed by atoms with Crippen LogP contribution in [0.4, 0.5) is 10.1 Å². The first-order chi connectivity index (χ1) is 18.5. The lowest BCUT2D eigenvalue weighted by molar-refractivity contribution is -0.140. The van der Waals surface area contributed by atoms with Gasteiger partial charge in [-0.25, -0.2) is 12.8 Å². The summed E-state index contributed by atoms with van der Waals surface area (Å²) in [5.41, 5.74) is 0.912. The van der Waals surface area contributed by atoms with E-state index >= 15 is 0 Å². The number of halogens is 2. The molecule has 208 valence electrons. The third kappa shape index (κ3) is 8.12. The molecule has 3 rings (SSSR count). The van der Waals surface area contributed by atoms with Gasteiger partial charge in [0.25, 0.3) is 10.0 Å². The number of benzene rings is 3.